The number of methoxy groups -OCH3 is 1. The molecule has 0 amide bonds. The molecule has 1 aromatic heterocycles. The standard InChI is InChI=1S/C11H7BrFNO3/c1-17-11(16)9-4-6-7(10(15)14-9)2-5(13)3-8(6)12/h2-4H,1H3,(H,14,15). The second-order valence-electron chi connectivity index (χ2n) is 3.35. The molecule has 4 nitrogen and oxygen atoms in total. The molecule has 2 aromatic rings. The summed E-state index contributed by atoms with van der Waals surface area (Å²) in [6.07, 6.45) is 0. The topological polar surface area (TPSA) is 59.2 Å². The Morgan fingerprint density at radius 2 is 2.06 bits per heavy atom. The number of esters is 1. The number of rotatable bonds is 1. The van der Waals surface area contributed by atoms with Crippen molar-refractivity contribution in [2.24, 2.45) is 0 Å². The molecule has 1 heterocycles. The summed E-state index contributed by atoms with van der Waals surface area (Å²) < 4.78 is 18.0. The lowest BCUT2D eigenvalue weighted by Crippen LogP contribution is -2.14. The van der Waals surface area contributed by atoms with Crippen LogP contribution in [0.1, 0.15) is 10.5 Å². The number of hydrogen-bond acceptors (Lipinski definition) is 3. The van der Waals surface area contributed by atoms with Gasteiger partial charge in [-0.05, 0) is 18.2 Å². The van der Waals surface area contributed by atoms with Gasteiger partial charge in [0.15, 0.2) is 0 Å². The summed E-state index contributed by atoms with van der Waals surface area (Å²) in [5, 5.41) is 0.625. The number of hydrogen-bond donors (Lipinski definition) is 1. The molecule has 0 aliphatic carbocycles. The van der Waals surface area contributed by atoms with E-state index >= 15 is 0 Å². The molecule has 17 heavy (non-hydrogen) atoms. The number of carbonyl (C=O) groups excluding carboxylic acids is 1. The zero-order valence-electron chi connectivity index (χ0n) is 8.71. The molecule has 0 aliphatic rings. The summed E-state index contributed by atoms with van der Waals surface area (Å²) in [5.74, 6) is -1.18. The van der Waals surface area contributed by atoms with Crippen LogP contribution >= 0.6 is 15.9 Å². The molecule has 0 radical (unpaired) electrons. The summed E-state index contributed by atoms with van der Waals surface area (Å²) in [5.41, 5.74) is -0.514. The first kappa shape index (κ1) is 11.8. The SMILES string of the molecule is COC(=O)c1cc2c(Br)cc(F)cc2c(=O)[nH]1. The fraction of sp³-hybridized carbons (Fsp3) is 0.0909. The zero-order valence-corrected chi connectivity index (χ0v) is 10.3. The van der Waals surface area contributed by atoms with E-state index in [0.717, 1.165) is 6.07 Å². The summed E-state index contributed by atoms with van der Waals surface area (Å²) in [6, 6.07) is 3.77. The van der Waals surface area contributed by atoms with E-state index in [1.165, 1.54) is 19.2 Å². The van der Waals surface area contributed by atoms with Crippen LogP contribution in [0.2, 0.25) is 0 Å². The number of fused-ring (bicyclic) bond motifs is 1. The van der Waals surface area contributed by atoms with Crippen molar-refractivity contribution in [1.82, 2.24) is 4.98 Å². The maximum Gasteiger partial charge on any atom is 0.354 e. The molecular weight excluding hydrogens is 293 g/mol. The van der Waals surface area contributed by atoms with E-state index in [1.54, 1.807) is 0 Å². The van der Waals surface area contributed by atoms with Crippen LogP contribution in [0.5, 0.6) is 0 Å². The van der Waals surface area contributed by atoms with E-state index in [2.05, 4.69) is 25.7 Å². The van der Waals surface area contributed by atoms with E-state index < -0.39 is 17.3 Å². The summed E-state index contributed by atoms with van der Waals surface area (Å²) >= 11 is 3.14. The van der Waals surface area contributed by atoms with Gasteiger partial charge in [0.1, 0.15) is 11.5 Å². The van der Waals surface area contributed by atoms with Crippen molar-refractivity contribution in [3.8, 4) is 0 Å². The molecule has 1 aromatic carbocycles. The van der Waals surface area contributed by atoms with Gasteiger partial charge >= 0.3 is 5.97 Å². The number of halogens is 2. The predicted molar refractivity (Wildman–Crippen MR) is 63.6 cm³/mol. The average molecular weight is 300 g/mol. The molecular formula is C11H7BrFNO3. The Balaban J connectivity index is 2.82. The second kappa shape index (κ2) is 4.29. The normalized spacial score (nSPS) is 10.5. The van der Waals surface area contributed by atoms with E-state index in [4.69, 9.17) is 0 Å². The zero-order chi connectivity index (χ0) is 12.6. The Hall–Kier alpha value is -1.69. The van der Waals surface area contributed by atoms with Gasteiger partial charge in [0.25, 0.3) is 5.56 Å². The highest BCUT2D eigenvalue weighted by molar-refractivity contribution is 9.10. The smallest absolute Gasteiger partial charge is 0.354 e. The summed E-state index contributed by atoms with van der Waals surface area (Å²) in [7, 11) is 1.21. The lowest BCUT2D eigenvalue weighted by atomic mass is 10.1. The summed E-state index contributed by atoms with van der Waals surface area (Å²) in [4.78, 5) is 25.3. The van der Waals surface area contributed by atoms with Gasteiger partial charge in [-0.25, -0.2) is 9.18 Å². The molecule has 0 unspecified atom stereocenters. The Morgan fingerprint density at radius 1 is 1.35 bits per heavy atom. The number of ether oxygens (including phenoxy) is 1. The fourth-order valence-electron chi connectivity index (χ4n) is 1.51. The van der Waals surface area contributed by atoms with Gasteiger partial charge in [-0.15, -0.1) is 0 Å². The van der Waals surface area contributed by atoms with Crippen LogP contribution < -0.4 is 5.56 Å². The van der Waals surface area contributed by atoms with Crippen LogP contribution in [0.3, 0.4) is 0 Å². The van der Waals surface area contributed by atoms with E-state index in [1.807, 2.05) is 0 Å². The third-order valence-electron chi connectivity index (χ3n) is 2.28. The van der Waals surface area contributed by atoms with Crippen LogP contribution in [0, 0.1) is 5.82 Å². The number of nitrogens with one attached hydrogen (secondary N) is 1. The number of aromatic amines is 1. The minimum absolute atomic E-state index is 0.0253. The number of benzene rings is 1. The van der Waals surface area contributed by atoms with Crippen molar-refractivity contribution in [1.29, 1.82) is 0 Å². The molecule has 1 N–H and O–H groups in total. The molecule has 2 rings (SSSR count). The first-order chi connectivity index (χ1) is 8.02. The first-order valence-corrected chi connectivity index (χ1v) is 5.42. The van der Waals surface area contributed by atoms with E-state index in [-0.39, 0.29) is 11.1 Å². The fourth-order valence-corrected chi connectivity index (χ4v) is 2.06. The van der Waals surface area contributed by atoms with E-state index in [9.17, 15) is 14.0 Å². The van der Waals surface area contributed by atoms with Gasteiger partial charge in [0.05, 0.1) is 12.5 Å². The maximum absolute atomic E-state index is 13.1. The Bertz CT molecular complexity index is 666. The molecule has 0 saturated carbocycles. The van der Waals surface area contributed by atoms with Gasteiger partial charge < -0.3 is 9.72 Å². The Labute approximate surface area is 104 Å². The first-order valence-electron chi connectivity index (χ1n) is 4.63. The lowest BCUT2D eigenvalue weighted by Gasteiger charge is -2.04. The molecule has 0 saturated heterocycles. The lowest BCUT2D eigenvalue weighted by molar-refractivity contribution is 0.0594. The molecule has 0 atom stereocenters. The van der Waals surface area contributed by atoms with Crippen molar-refractivity contribution in [3.63, 3.8) is 0 Å². The number of carbonyl (C=O) groups is 1. The van der Waals surface area contributed by atoms with Gasteiger partial charge in [-0.2, -0.15) is 0 Å². The third kappa shape index (κ3) is 2.08. The van der Waals surface area contributed by atoms with Gasteiger partial charge in [-0.1, -0.05) is 15.9 Å². The largest absolute Gasteiger partial charge is 0.464 e. The van der Waals surface area contributed by atoms with Crippen molar-refractivity contribution < 1.29 is 13.9 Å². The minimum Gasteiger partial charge on any atom is -0.464 e. The molecule has 88 valence electrons. The average Bonchev–Trinajstić information content (AvgIpc) is 2.29. The monoisotopic (exact) mass is 299 g/mol. The number of pyridine rings is 1. The van der Waals surface area contributed by atoms with Crippen LogP contribution in [0.15, 0.2) is 27.5 Å². The maximum atomic E-state index is 13.1. The van der Waals surface area contributed by atoms with Gasteiger partial charge in [0, 0.05) is 9.86 Å². The summed E-state index contributed by atoms with van der Waals surface area (Å²) in [6.45, 7) is 0. The number of aromatic nitrogens is 1. The van der Waals surface area contributed by atoms with Crippen LogP contribution in [0.25, 0.3) is 10.8 Å². The predicted octanol–water partition coefficient (Wildman–Crippen LogP) is 2.22. The highest BCUT2D eigenvalue weighted by Gasteiger charge is 2.12. The molecule has 6 heteroatoms. The van der Waals surface area contributed by atoms with Crippen molar-refractivity contribution in [2.45, 2.75) is 0 Å². The molecule has 0 spiro atoms. The molecule has 0 fully saturated rings. The van der Waals surface area contributed by atoms with Crippen LogP contribution in [-0.2, 0) is 4.74 Å². The van der Waals surface area contributed by atoms with Gasteiger partial charge in [-0.3, -0.25) is 4.79 Å². The van der Waals surface area contributed by atoms with Crippen molar-refractivity contribution in [2.75, 3.05) is 7.11 Å². The van der Waals surface area contributed by atoms with Crippen molar-refractivity contribution in [3.05, 3.63) is 44.5 Å². The highest BCUT2D eigenvalue weighted by atomic mass is 79.9. The highest BCUT2D eigenvalue weighted by Crippen LogP contribution is 2.23. The number of H-pyrrole nitrogens is 1. The third-order valence-corrected chi connectivity index (χ3v) is 2.94. The van der Waals surface area contributed by atoms with Crippen LogP contribution in [-0.4, -0.2) is 18.1 Å². The van der Waals surface area contributed by atoms with Crippen LogP contribution in [0.4, 0.5) is 4.39 Å². The van der Waals surface area contributed by atoms with E-state index in [0.29, 0.717) is 9.86 Å². The second-order valence-corrected chi connectivity index (χ2v) is 4.21. The van der Waals surface area contributed by atoms with Crippen molar-refractivity contribution >= 4 is 32.7 Å². The van der Waals surface area contributed by atoms with Gasteiger partial charge in [0.2, 0.25) is 0 Å². The minimum atomic E-state index is -0.653. The Morgan fingerprint density at radius 3 is 2.71 bits per heavy atom. The molecule has 0 aliphatic heterocycles. The molecule has 0 bridgehead atoms. The quantitative estimate of drug-likeness (QED) is 0.822. The Kier molecular flexibility index (Phi) is 2.97.